The van der Waals surface area contributed by atoms with E-state index in [1.54, 1.807) is 6.07 Å². The molecule has 0 aromatic heterocycles. The Kier molecular flexibility index (Phi) is 7.18. The number of alkyl halides is 3. The van der Waals surface area contributed by atoms with E-state index in [4.69, 9.17) is 5.84 Å². The Balaban J connectivity index is 2.81. The normalized spacial score (nSPS) is 15.0. The second-order valence-corrected chi connectivity index (χ2v) is 5.49. The largest absolute Gasteiger partial charge is 0.416 e. The molecule has 120 valence electrons. The predicted octanol–water partition coefficient (Wildman–Crippen LogP) is 4.30. The molecule has 0 aliphatic heterocycles. The number of hydrazine groups is 1. The Morgan fingerprint density at radius 2 is 1.95 bits per heavy atom. The first-order chi connectivity index (χ1) is 9.92. The van der Waals surface area contributed by atoms with Gasteiger partial charge >= 0.3 is 6.18 Å². The fraction of sp³-hybridized carbons (Fsp3) is 0.625. The summed E-state index contributed by atoms with van der Waals surface area (Å²) < 4.78 is 38.2. The van der Waals surface area contributed by atoms with Gasteiger partial charge in [0.2, 0.25) is 0 Å². The van der Waals surface area contributed by atoms with Gasteiger partial charge in [0.15, 0.2) is 0 Å². The highest BCUT2D eigenvalue weighted by Gasteiger charge is 2.30. The average Bonchev–Trinajstić information content (AvgIpc) is 2.46. The van der Waals surface area contributed by atoms with Gasteiger partial charge in [0.05, 0.1) is 5.56 Å². The van der Waals surface area contributed by atoms with Gasteiger partial charge in [-0.05, 0) is 30.4 Å². The van der Waals surface area contributed by atoms with Gasteiger partial charge < -0.3 is 0 Å². The fourth-order valence-corrected chi connectivity index (χ4v) is 2.65. The number of benzene rings is 1. The van der Waals surface area contributed by atoms with Crippen LogP contribution in [0.5, 0.6) is 0 Å². The third-order valence-electron chi connectivity index (χ3n) is 3.95. The molecule has 3 N–H and O–H groups in total. The quantitative estimate of drug-likeness (QED) is 0.555. The van der Waals surface area contributed by atoms with Crippen molar-refractivity contribution in [3.63, 3.8) is 0 Å². The maximum absolute atomic E-state index is 12.7. The second-order valence-electron chi connectivity index (χ2n) is 5.49. The minimum Gasteiger partial charge on any atom is -0.271 e. The molecule has 5 heteroatoms. The monoisotopic (exact) mass is 302 g/mol. The number of hydrogen-bond donors (Lipinski definition) is 2. The minimum absolute atomic E-state index is 0.00466. The lowest BCUT2D eigenvalue weighted by atomic mass is 9.87. The lowest BCUT2D eigenvalue weighted by Gasteiger charge is -2.26. The molecule has 0 bridgehead atoms. The first kappa shape index (κ1) is 18.0. The van der Waals surface area contributed by atoms with E-state index in [0.29, 0.717) is 17.9 Å². The molecule has 2 unspecified atom stereocenters. The third-order valence-corrected chi connectivity index (χ3v) is 3.95. The average molecular weight is 302 g/mol. The molecule has 2 atom stereocenters. The van der Waals surface area contributed by atoms with Crippen LogP contribution in [0, 0.1) is 5.92 Å². The second kappa shape index (κ2) is 8.39. The van der Waals surface area contributed by atoms with Crippen LogP contribution < -0.4 is 11.3 Å². The molecule has 1 rings (SSSR count). The van der Waals surface area contributed by atoms with Crippen LogP contribution in [0.15, 0.2) is 24.3 Å². The summed E-state index contributed by atoms with van der Waals surface area (Å²) in [5.41, 5.74) is 2.86. The van der Waals surface area contributed by atoms with Crippen LogP contribution in [0.4, 0.5) is 13.2 Å². The SMILES string of the molecule is CCCCC(CC)C(Cc1cccc(C(F)(F)F)c1)NN. The van der Waals surface area contributed by atoms with E-state index in [-0.39, 0.29) is 6.04 Å². The zero-order valence-corrected chi connectivity index (χ0v) is 12.7. The zero-order chi connectivity index (χ0) is 15.9. The summed E-state index contributed by atoms with van der Waals surface area (Å²) in [7, 11) is 0. The molecule has 0 fully saturated rings. The van der Waals surface area contributed by atoms with Crippen LogP contribution in [0.1, 0.15) is 50.7 Å². The van der Waals surface area contributed by atoms with Gasteiger partial charge in [0, 0.05) is 6.04 Å². The minimum atomic E-state index is -4.30. The van der Waals surface area contributed by atoms with Crippen molar-refractivity contribution in [1.29, 1.82) is 0 Å². The molecule has 0 amide bonds. The molecule has 1 aromatic rings. The molecule has 0 spiro atoms. The van der Waals surface area contributed by atoms with Crippen LogP contribution in [0.3, 0.4) is 0 Å². The Morgan fingerprint density at radius 1 is 1.24 bits per heavy atom. The Hall–Kier alpha value is -1.07. The molecule has 0 saturated heterocycles. The van der Waals surface area contributed by atoms with Crippen molar-refractivity contribution in [2.45, 2.75) is 58.2 Å². The summed E-state index contributed by atoms with van der Waals surface area (Å²) in [6, 6.07) is 5.51. The van der Waals surface area contributed by atoms with E-state index in [1.807, 2.05) is 0 Å². The first-order valence-corrected chi connectivity index (χ1v) is 7.54. The van der Waals surface area contributed by atoms with Crippen LogP contribution in [-0.2, 0) is 12.6 Å². The van der Waals surface area contributed by atoms with Gasteiger partial charge in [0.1, 0.15) is 0 Å². The van der Waals surface area contributed by atoms with Crippen molar-refractivity contribution < 1.29 is 13.2 Å². The molecule has 2 nitrogen and oxygen atoms in total. The molecule has 0 aliphatic rings. The highest BCUT2D eigenvalue weighted by molar-refractivity contribution is 5.26. The Bertz CT molecular complexity index is 418. The Morgan fingerprint density at radius 3 is 2.48 bits per heavy atom. The molecule has 0 heterocycles. The number of hydrogen-bond acceptors (Lipinski definition) is 2. The lowest BCUT2D eigenvalue weighted by molar-refractivity contribution is -0.137. The third kappa shape index (κ3) is 5.67. The smallest absolute Gasteiger partial charge is 0.271 e. The number of unbranched alkanes of at least 4 members (excludes halogenated alkanes) is 1. The van der Waals surface area contributed by atoms with Crippen LogP contribution in [-0.4, -0.2) is 6.04 Å². The summed E-state index contributed by atoms with van der Waals surface area (Å²) >= 11 is 0. The van der Waals surface area contributed by atoms with E-state index in [9.17, 15) is 13.2 Å². The molecular weight excluding hydrogens is 277 g/mol. The summed E-state index contributed by atoms with van der Waals surface area (Å²) in [5.74, 6) is 6.00. The summed E-state index contributed by atoms with van der Waals surface area (Å²) in [6.45, 7) is 4.22. The summed E-state index contributed by atoms with van der Waals surface area (Å²) in [5, 5.41) is 0. The molecule has 21 heavy (non-hydrogen) atoms. The molecule has 1 aromatic carbocycles. The number of nitrogens with one attached hydrogen (secondary N) is 1. The van der Waals surface area contributed by atoms with Crippen molar-refractivity contribution in [2.24, 2.45) is 11.8 Å². The fourth-order valence-electron chi connectivity index (χ4n) is 2.65. The number of halogens is 3. The molecule has 0 saturated carbocycles. The van der Waals surface area contributed by atoms with Gasteiger partial charge in [-0.1, -0.05) is 51.3 Å². The van der Waals surface area contributed by atoms with Gasteiger partial charge in [-0.15, -0.1) is 0 Å². The lowest BCUT2D eigenvalue weighted by Crippen LogP contribution is -2.42. The molecule has 0 aliphatic carbocycles. The number of rotatable bonds is 8. The van der Waals surface area contributed by atoms with Gasteiger partial charge in [-0.25, -0.2) is 0 Å². The van der Waals surface area contributed by atoms with Crippen molar-refractivity contribution in [3.05, 3.63) is 35.4 Å². The highest BCUT2D eigenvalue weighted by Crippen LogP contribution is 2.30. The maximum Gasteiger partial charge on any atom is 0.416 e. The summed E-state index contributed by atoms with van der Waals surface area (Å²) in [4.78, 5) is 0. The van der Waals surface area contributed by atoms with Crippen LogP contribution in [0.2, 0.25) is 0 Å². The zero-order valence-electron chi connectivity index (χ0n) is 12.7. The van der Waals surface area contributed by atoms with Gasteiger partial charge in [-0.3, -0.25) is 11.3 Å². The topological polar surface area (TPSA) is 38.0 Å². The maximum atomic E-state index is 12.7. The van der Waals surface area contributed by atoms with Crippen molar-refractivity contribution in [3.8, 4) is 0 Å². The van der Waals surface area contributed by atoms with E-state index >= 15 is 0 Å². The molecular formula is C16H25F3N2. The Labute approximate surface area is 124 Å². The van der Waals surface area contributed by atoms with Crippen molar-refractivity contribution >= 4 is 0 Å². The first-order valence-electron chi connectivity index (χ1n) is 7.54. The molecule has 0 radical (unpaired) electrons. The standard InChI is InChI=1S/C16H25F3N2/c1-3-5-8-13(4-2)15(21-20)11-12-7-6-9-14(10-12)16(17,18)19/h6-7,9-10,13,15,21H,3-5,8,11,20H2,1-2H3. The van der Waals surface area contributed by atoms with Crippen molar-refractivity contribution in [1.82, 2.24) is 5.43 Å². The summed E-state index contributed by atoms with van der Waals surface area (Å²) in [6.07, 6.45) is 0.446. The predicted molar refractivity (Wildman–Crippen MR) is 79.6 cm³/mol. The van der Waals surface area contributed by atoms with Crippen LogP contribution in [0.25, 0.3) is 0 Å². The van der Waals surface area contributed by atoms with E-state index in [1.165, 1.54) is 12.1 Å². The van der Waals surface area contributed by atoms with E-state index in [2.05, 4.69) is 19.3 Å². The number of nitrogens with two attached hydrogens (primary N) is 1. The van der Waals surface area contributed by atoms with Gasteiger partial charge in [-0.2, -0.15) is 13.2 Å². The van der Waals surface area contributed by atoms with Crippen LogP contribution >= 0.6 is 0 Å². The van der Waals surface area contributed by atoms with E-state index in [0.717, 1.165) is 31.7 Å². The highest BCUT2D eigenvalue weighted by atomic mass is 19.4. The van der Waals surface area contributed by atoms with E-state index < -0.39 is 11.7 Å². The van der Waals surface area contributed by atoms with Gasteiger partial charge in [0.25, 0.3) is 0 Å². The van der Waals surface area contributed by atoms with Crippen molar-refractivity contribution in [2.75, 3.05) is 0 Å².